The van der Waals surface area contributed by atoms with Gasteiger partial charge in [-0.15, -0.1) is 16.8 Å². The molecular formula is C18H23FN4O2S. The number of benzene rings is 1. The van der Waals surface area contributed by atoms with Crippen molar-refractivity contribution in [2.75, 3.05) is 6.54 Å². The van der Waals surface area contributed by atoms with Gasteiger partial charge in [-0.2, -0.15) is 0 Å². The molecule has 140 valence electrons. The maximum atomic E-state index is 13.0. The molecule has 0 bridgehead atoms. The van der Waals surface area contributed by atoms with Gasteiger partial charge < -0.3 is 10.1 Å². The van der Waals surface area contributed by atoms with E-state index < -0.39 is 0 Å². The van der Waals surface area contributed by atoms with Crippen molar-refractivity contribution in [3.8, 4) is 5.75 Å². The highest BCUT2D eigenvalue weighted by molar-refractivity contribution is 8.00. The van der Waals surface area contributed by atoms with Gasteiger partial charge in [-0.1, -0.05) is 24.8 Å². The van der Waals surface area contributed by atoms with Crippen LogP contribution < -0.4 is 10.1 Å². The Bertz CT molecular complexity index is 733. The highest BCUT2D eigenvalue weighted by atomic mass is 32.2. The van der Waals surface area contributed by atoms with Crippen LogP contribution in [0.1, 0.15) is 26.1 Å². The van der Waals surface area contributed by atoms with Crippen molar-refractivity contribution in [1.29, 1.82) is 0 Å². The number of allylic oxidation sites excluding steroid dienone is 1. The lowest BCUT2D eigenvalue weighted by Gasteiger charge is -2.12. The molecule has 0 saturated carbocycles. The summed E-state index contributed by atoms with van der Waals surface area (Å²) in [7, 11) is 0. The lowest BCUT2D eigenvalue weighted by Crippen LogP contribution is -2.31. The van der Waals surface area contributed by atoms with Gasteiger partial charge in [0.2, 0.25) is 5.91 Å². The van der Waals surface area contributed by atoms with Gasteiger partial charge >= 0.3 is 0 Å². The monoisotopic (exact) mass is 378 g/mol. The van der Waals surface area contributed by atoms with Crippen molar-refractivity contribution >= 4 is 17.7 Å². The van der Waals surface area contributed by atoms with Gasteiger partial charge in [0.05, 0.1) is 5.25 Å². The van der Waals surface area contributed by atoms with E-state index in [4.69, 9.17) is 4.74 Å². The number of rotatable bonds is 10. The largest absolute Gasteiger partial charge is 0.486 e. The molecule has 0 aliphatic carbocycles. The first-order chi connectivity index (χ1) is 12.5. The second kappa shape index (κ2) is 9.96. The topological polar surface area (TPSA) is 69.0 Å². The molecule has 1 amide bonds. The van der Waals surface area contributed by atoms with E-state index in [2.05, 4.69) is 22.1 Å². The van der Waals surface area contributed by atoms with Crippen molar-refractivity contribution < 1.29 is 13.9 Å². The number of amides is 1. The number of hydrogen-bond acceptors (Lipinski definition) is 5. The van der Waals surface area contributed by atoms with Crippen LogP contribution in [-0.2, 0) is 17.9 Å². The summed E-state index contributed by atoms with van der Waals surface area (Å²) in [6.45, 7) is 8.93. The molecule has 2 rings (SSSR count). The lowest BCUT2D eigenvalue weighted by molar-refractivity contribution is -0.120. The lowest BCUT2D eigenvalue weighted by atomic mass is 10.3. The Labute approximate surface area is 156 Å². The number of carbonyl (C=O) groups is 1. The number of halogens is 1. The molecule has 6 nitrogen and oxygen atoms in total. The number of thioether (sulfide) groups is 1. The normalized spacial score (nSPS) is 11.8. The van der Waals surface area contributed by atoms with Crippen molar-refractivity contribution in [2.45, 2.75) is 43.8 Å². The molecule has 0 unspecified atom stereocenters. The first kappa shape index (κ1) is 20.0. The number of aromatic nitrogens is 3. The molecule has 26 heavy (non-hydrogen) atoms. The zero-order valence-corrected chi connectivity index (χ0v) is 15.8. The second-order valence-electron chi connectivity index (χ2n) is 5.59. The summed E-state index contributed by atoms with van der Waals surface area (Å²) in [5.41, 5.74) is 0. The fraction of sp³-hybridized carbons (Fsp3) is 0.389. The highest BCUT2D eigenvalue weighted by Gasteiger charge is 2.19. The fourth-order valence-corrected chi connectivity index (χ4v) is 3.01. The van der Waals surface area contributed by atoms with Crippen molar-refractivity contribution in [1.82, 2.24) is 20.1 Å². The average Bonchev–Trinajstić information content (AvgIpc) is 3.01. The van der Waals surface area contributed by atoms with E-state index in [0.29, 0.717) is 29.8 Å². The van der Waals surface area contributed by atoms with Crippen LogP contribution in [0.2, 0.25) is 0 Å². The molecule has 1 aromatic heterocycles. The Hall–Kier alpha value is -2.35. The minimum Gasteiger partial charge on any atom is -0.486 e. The van der Waals surface area contributed by atoms with Crippen LogP contribution in [0, 0.1) is 5.82 Å². The highest BCUT2D eigenvalue weighted by Crippen LogP contribution is 2.23. The Kier molecular flexibility index (Phi) is 7.65. The van der Waals surface area contributed by atoms with E-state index in [1.54, 1.807) is 18.2 Å². The number of carbonyl (C=O) groups excluding carboxylic acids is 1. The van der Waals surface area contributed by atoms with Crippen LogP contribution in [0.5, 0.6) is 5.75 Å². The van der Waals surface area contributed by atoms with Gasteiger partial charge in [0, 0.05) is 13.1 Å². The van der Waals surface area contributed by atoms with Crippen LogP contribution in [-0.4, -0.2) is 32.5 Å². The molecule has 0 aliphatic rings. The molecule has 1 aromatic carbocycles. The minimum absolute atomic E-state index is 0.0332. The van der Waals surface area contributed by atoms with E-state index in [1.807, 2.05) is 18.4 Å². The molecule has 0 spiro atoms. The van der Waals surface area contributed by atoms with E-state index >= 15 is 0 Å². The zero-order valence-electron chi connectivity index (χ0n) is 14.9. The number of nitrogens with zero attached hydrogens (tertiary/aromatic N) is 3. The first-order valence-electron chi connectivity index (χ1n) is 8.40. The van der Waals surface area contributed by atoms with Crippen molar-refractivity contribution in [2.24, 2.45) is 0 Å². The van der Waals surface area contributed by atoms with Gasteiger partial charge in [-0.3, -0.25) is 9.36 Å². The predicted octanol–water partition coefficient (Wildman–Crippen LogP) is 3.19. The molecule has 8 heteroatoms. The van der Waals surface area contributed by atoms with Crippen LogP contribution >= 0.6 is 11.8 Å². The third-order valence-corrected chi connectivity index (χ3v) is 4.57. The number of hydrogen-bond donors (Lipinski definition) is 1. The molecule has 1 heterocycles. The summed E-state index contributed by atoms with van der Waals surface area (Å²) >= 11 is 1.34. The zero-order chi connectivity index (χ0) is 18.9. The second-order valence-corrected chi connectivity index (χ2v) is 6.90. The third-order valence-electron chi connectivity index (χ3n) is 3.49. The maximum absolute atomic E-state index is 13.0. The van der Waals surface area contributed by atoms with Crippen molar-refractivity contribution in [3.05, 3.63) is 48.6 Å². The SMILES string of the molecule is C=CCn1c(COc2ccc(F)cc2)nnc1S[C@@H](C)C(=O)NCCC. The fourth-order valence-electron chi connectivity index (χ4n) is 2.11. The Morgan fingerprint density at radius 3 is 2.81 bits per heavy atom. The summed E-state index contributed by atoms with van der Waals surface area (Å²) in [5.74, 6) is 0.800. The number of ether oxygens (including phenoxy) is 1. The van der Waals surface area contributed by atoms with Gasteiger partial charge in [-0.25, -0.2) is 4.39 Å². The van der Waals surface area contributed by atoms with E-state index in [1.165, 1.54) is 23.9 Å². The molecule has 0 aliphatic heterocycles. The molecule has 1 atom stereocenters. The smallest absolute Gasteiger partial charge is 0.233 e. The van der Waals surface area contributed by atoms with E-state index in [9.17, 15) is 9.18 Å². The first-order valence-corrected chi connectivity index (χ1v) is 9.28. The van der Waals surface area contributed by atoms with Gasteiger partial charge in [0.15, 0.2) is 11.0 Å². The van der Waals surface area contributed by atoms with Gasteiger partial charge in [-0.05, 0) is 37.6 Å². The predicted molar refractivity (Wildman–Crippen MR) is 99.6 cm³/mol. The minimum atomic E-state index is -0.318. The quantitative estimate of drug-likeness (QED) is 0.508. The summed E-state index contributed by atoms with van der Waals surface area (Å²) in [6.07, 6.45) is 2.62. The maximum Gasteiger partial charge on any atom is 0.233 e. The van der Waals surface area contributed by atoms with Crippen molar-refractivity contribution in [3.63, 3.8) is 0 Å². The number of nitrogens with one attached hydrogen (secondary N) is 1. The summed E-state index contributed by atoms with van der Waals surface area (Å²) < 4.78 is 20.4. The van der Waals surface area contributed by atoms with Crippen LogP contribution in [0.15, 0.2) is 42.1 Å². The van der Waals surface area contributed by atoms with E-state index in [-0.39, 0.29) is 23.6 Å². The Balaban J connectivity index is 2.05. The molecular weight excluding hydrogens is 355 g/mol. The van der Waals surface area contributed by atoms with Crippen LogP contribution in [0.25, 0.3) is 0 Å². The molecule has 1 N–H and O–H groups in total. The van der Waals surface area contributed by atoms with Crippen LogP contribution in [0.4, 0.5) is 4.39 Å². The summed E-state index contributed by atoms with van der Waals surface area (Å²) in [5, 5.41) is 11.5. The standard InChI is InChI=1S/C18H23FN4O2S/c1-4-10-20-17(24)13(3)26-18-22-21-16(23(18)11-5-2)12-25-15-8-6-14(19)7-9-15/h5-9,13H,2,4,10-12H2,1,3H3,(H,20,24)/t13-/m0/s1. The molecule has 0 fully saturated rings. The molecule has 0 saturated heterocycles. The summed E-state index contributed by atoms with van der Waals surface area (Å²) in [4.78, 5) is 12.1. The third kappa shape index (κ3) is 5.59. The molecule has 0 radical (unpaired) electrons. The van der Waals surface area contributed by atoms with Gasteiger partial charge in [0.1, 0.15) is 18.2 Å². The Morgan fingerprint density at radius 2 is 2.15 bits per heavy atom. The molecule has 2 aromatic rings. The average molecular weight is 378 g/mol. The Morgan fingerprint density at radius 1 is 1.42 bits per heavy atom. The van der Waals surface area contributed by atoms with Gasteiger partial charge in [0.25, 0.3) is 0 Å². The summed E-state index contributed by atoms with van der Waals surface area (Å²) in [6, 6.07) is 5.78. The van der Waals surface area contributed by atoms with Crippen LogP contribution in [0.3, 0.4) is 0 Å². The van der Waals surface area contributed by atoms with E-state index in [0.717, 1.165) is 6.42 Å².